The molecule has 0 bridgehead atoms. The second-order valence-electron chi connectivity index (χ2n) is 6.23. The van der Waals surface area contributed by atoms with E-state index in [0.29, 0.717) is 23.4 Å². The SMILES string of the molecule is Cc1ccccc1OCCN(C)[C@H](C)c1nnc(-c2cccc(Cl)c2)o1. The van der Waals surface area contributed by atoms with Crippen LogP contribution in [0.2, 0.25) is 5.02 Å². The Morgan fingerprint density at radius 2 is 1.96 bits per heavy atom. The lowest BCUT2D eigenvalue weighted by Crippen LogP contribution is -2.27. The zero-order valence-electron chi connectivity index (χ0n) is 15.1. The number of hydrogen-bond acceptors (Lipinski definition) is 5. The van der Waals surface area contributed by atoms with Gasteiger partial charge in [-0.15, -0.1) is 10.2 Å². The maximum atomic E-state index is 6.02. The number of likely N-dealkylation sites (N-methyl/N-ethyl adjacent to an activating group) is 1. The molecule has 1 atom stereocenters. The molecule has 0 unspecified atom stereocenters. The molecule has 0 aliphatic rings. The first-order valence-corrected chi connectivity index (χ1v) is 8.90. The number of aryl methyl sites for hydroxylation is 1. The molecular formula is C20H22ClN3O2. The van der Waals surface area contributed by atoms with E-state index in [9.17, 15) is 0 Å². The van der Waals surface area contributed by atoms with Crippen LogP contribution in [0.15, 0.2) is 52.9 Å². The van der Waals surface area contributed by atoms with Crippen LogP contribution in [-0.2, 0) is 0 Å². The number of benzene rings is 2. The van der Waals surface area contributed by atoms with Crippen LogP contribution in [-0.4, -0.2) is 35.3 Å². The molecule has 2 aromatic carbocycles. The van der Waals surface area contributed by atoms with E-state index in [2.05, 4.69) is 15.1 Å². The molecule has 0 aliphatic carbocycles. The molecule has 3 rings (SSSR count). The summed E-state index contributed by atoms with van der Waals surface area (Å²) in [7, 11) is 2.01. The van der Waals surface area contributed by atoms with Gasteiger partial charge in [0.05, 0.1) is 6.04 Å². The highest BCUT2D eigenvalue weighted by atomic mass is 35.5. The number of rotatable bonds is 7. The molecule has 0 amide bonds. The Morgan fingerprint density at radius 1 is 1.15 bits per heavy atom. The summed E-state index contributed by atoms with van der Waals surface area (Å²) >= 11 is 6.02. The fraction of sp³-hybridized carbons (Fsp3) is 0.300. The Bertz CT molecular complexity index is 866. The van der Waals surface area contributed by atoms with Crippen LogP contribution in [0, 0.1) is 6.92 Å². The molecule has 136 valence electrons. The van der Waals surface area contributed by atoms with E-state index in [4.69, 9.17) is 20.8 Å². The van der Waals surface area contributed by atoms with Gasteiger partial charge in [-0.25, -0.2) is 0 Å². The fourth-order valence-electron chi connectivity index (χ4n) is 2.54. The normalized spacial score (nSPS) is 12.3. The van der Waals surface area contributed by atoms with Gasteiger partial charge in [0.2, 0.25) is 11.8 Å². The van der Waals surface area contributed by atoms with Crippen molar-refractivity contribution in [3.05, 3.63) is 65.0 Å². The van der Waals surface area contributed by atoms with E-state index in [1.807, 2.05) is 69.4 Å². The van der Waals surface area contributed by atoms with Gasteiger partial charge in [0, 0.05) is 17.1 Å². The number of aromatic nitrogens is 2. The standard InChI is InChI=1S/C20H22ClN3O2/c1-14-7-4-5-10-18(14)25-12-11-24(3)15(2)19-22-23-20(26-19)16-8-6-9-17(21)13-16/h4-10,13,15H,11-12H2,1-3H3/t15-/m1/s1. The van der Waals surface area contributed by atoms with Crippen molar-refractivity contribution < 1.29 is 9.15 Å². The Hall–Kier alpha value is -2.37. The summed E-state index contributed by atoms with van der Waals surface area (Å²) < 4.78 is 11.7. The van der Waals surface area contributed by atoms with Crippen molar-refractivity contribution in [1.29, 1.82) is 0 Å². The largest absolute Gasteiger partial charge is 0.492 e. The first kappa shape index (κ1) is 18.4. The molecule has 0 aliphatic heterocycles. The van der Waals surface area contributed by atoms with Crippen molar-refractivity contribution in [3.8, 4) is 17.2 Å². The molecule has 3 aromatic rings. The maximum Gasteiger partial charge on any atom is 0.247 e. The smallest absolute Gasteiger partial charge is 0.247 e. The minimum atomic E-state index is -0.0177. The summed E-state index contributed by atoms with van der Waals surface area (Å²) in [5, 5.41) is 8.96. The molecule has 0 saturated carbocycles. The van der Waals surface area contributed by atoms with E-state index < -0.39 is 0 Å². The second-order valence-corrected chi connectivity index (χ2v) is 6.66. The van der Waals surface area contributed by atoms with Crippen molar-refractivity contribution in [1.82, 2.24) is 15.1 Å². The number of hydrogen-bond donors (Lipinski definition) is 0. The highest BCUT2D eigenvalue weighted by Gasteiger charge is 2.19. The van der Waals surface area contributed by atoms with Crippen molar-refractivity contribution in [2.45, 2.75) is 19.9 Å². The van der Waals surface area contributed by atoms with E-state index in [-0.39, 0.29) is 6.04 Å². The molecule has 26 heavy (non-hydrogen) atoms. The molecule has 0 spiro atoms. The molecule has 0 fully saturated rings. The lowest BCUT2D eigenvalue weighted by Gasteiger charge is -2.21. The summed E-state index contributed by atoms with van der Waals surface area (Å²) in [5.74, 6) is 1.95. The molecule has 5 nitrogen and oxygen atoms in total. The lowest BCUT2D eigenvalue weighted by atomic mass is 10.2. The van der Waals surface area contributed by atoms with Crippen molar-refractivity contribution in [2.24, 2.45) is 0 Å². The van der Waals surface area contributed by atoms with Crippen LogP contribution in [0.1, 0.15) is 24.4 Å². The van der Waals surface area contributed by atoms with Crippen LogP contribution in [0.5, 0.6) is 5.75 Å². The molecule has 0 radical (unpaired) electrons. The van der Waals surface area contributed by atoms with Gasteiger partial charge in [0.15, 0.2) is 0 Å². The van der Waals surface area contributed by atoms with Crippen LogP contribution in [0.25, 0.3) is 11.5 Å². The Kier molecular flexibility index (Phi) is 5.91. The van der Waals surface area contributed by atoms with Crippen LogP contribution in [0.4, 0.5) is 0 Å². The molecule has 0 saturated heterocycles. The van der Waals surface area contributed by atoms with Crippen LogP contribution < -0.4 is 4.74 Å². The highest BCUT2D eigenvalue weighted by Crippen LogP contribution is 2.25. The predicted octanol–water partition coefficient (Wildman–Crippen LogP) is 4.77. The van der Waals surface area contributed by atoms with Crippen LogP contribution >= 0.6 is 11.6 Å². The van der Waals surface area contributed by atoms with Gasteiger partial charge in [-0.3, -0.25) is 4.90 Å². The van der Waals surface area contributed by atoms with E-state index >= 15 is 0 Å². The van der Waals surface area contributed by atoms with Gasteiger partial charge in [0.1, 0.15) is 12.4 Å². The van der Waals surface area contributed by atoms with E-state index in [1.54, 1.807) is 0 Å². The summed E-state index contributed by atoms with van der Waals surface area (Å²) in [4.78, 5) is 2.12. The molecule has 6 heteroatoms. The average Bonchev–Trinajstić information content (AvgIpc) is 3.13. The van der Waals surface area contributed by atoms with Crippen molar-refractivity contribution >= 4 is 11.6 Å². The van der Waals surface area contributed by atoms with Crippen LogP contribution in [0.3, 0.4) is 0 Å². The van der Waals surface area contributed by atoms with E-state index in [1.165, 1.54) is 0 Å². The number of para-hydroxylation sites is 1. The second kappa shape index (κ2) is 8.34. The third-order valence-corrected chi connectivity index (χ3v) is 4.56. The third-order valence-electron chi connectivity index (χ3n) is 4.33. The minimum absolute atomic E-state index is 0.0177. The first-order chi connectivity index (χ1) is 12.5. The van der Waals surface area contributed by atoms with Gasteiger partial charge < -0.3 is 9.15 Å². The summed E-state index contributed by atoms with van der Waals surface area (Å²) in [6, 6.07) is 15.4. The Labute approximate surface area is 158 Å². The Morgan fingerprint density at radius 3 is 2.73 bits per heavy atom. The first-order valence-electron chi connectivity index (χ1n) is 8.52. The molecule has 0 N–H and O–H groups in total. The van der Waals surface area contributed by atoms with Gasteiger partial charge in [-0.1, -0.05) is 35.9 Å². The van der Waals surface area contributed by atoms with Gasteiger partial charge in [-0.2, -0.15) is 0 Å². The van der Waals surface area contributed by atoms with Crippen molar-refractivity contribution in [3.63, 3.8) is 0 Å². The summed E-state index contributed by atoms with van der Waals surface area (Å²) in [6.45, 7) is 5.39. The van der Waals surface area contributed by atoms with E-state index in [0.717, 1.165) is 23.4 Å². The number of nitrogens with zero attached hydrogens (tertiary/aromatic N) is 3. The number of halogens is 1. The zero-order valence-corrected chi connectivity index (χ0v) is 15.9. The highest BCUT2D eigenvalue weighted by molar-refractivity contribution is 6.30. The topological polar surface area (TPSA) is 51.4 Å². The van der Waals surface area contributed by atoms with Gasteiger partial charge >= 0.3 is 0 Å². The summed E-state index contributed by atoms with van der Waals surface area (Å²) in [5.41, 5.74) is 1.94. The lowest BCUT2D eigenvalue weighted by molar-refractivity contribution is 0.181. The summed E-state index contributed by atoms with van der Waals surface area (Å²) in [6.07, 6.45) is 0. The molecular weight excluding hydrogens is 350 g/mol. The fourth-order valence-corrected chi connectivity index (χ4v) is 2.73. The zero-order chi connectivity index (χ0) is 18.5. The van der Waals surface area contributed by atoms with Gasteiger partial charge in [0.25, 0.3) is 0 Å². The Balaban J connectivity index is 1.58. The average molecular weight is 372 g/mol. The third kappa shape index (κ3) is 4.42. The molecule has 1 aromatic heterocycles. The van der Waals surface area contributed by atoms with Crippen molar-refractivity contribution in [2.75, 3.05) is 20.2 Å². The number of ether oxygens (including phenoxy) is 1. The predicted molar refractivity (Wildman–Crippen MR) is 102 cm³/mol. The van der Waals surface area contributed by atoms with Gasteiger partial charge in [-0.05, 0) is 50.7 Å². The quantitative estimate of drug-likeness (QED) is 0.598. The monoisotopic (exact) mass is 371 g/mol. The minimum Gasteiger partial charge on any atom is -0.492 e. The maximum absolute atomic E-state index is 6.02. The molecule has 1 heterocycles.